The van der Waals surface area contributed by atoms with E-state index in [0.29, 0.717) is 39.1 Å². The first kappa shape index (κ1) is 47.9. The van der Waals surface area contributed by atoms with E-state index >= 15 is 0 Å². The van der Waals surface area contributed by atoms with Gasteiger partial charge >= 0.3 is 6.09 Å². The number of alkyl carbamates (subject to hydrolysis) is 1. The molecule has 1 aliphatic carbocycles. The molecule has 1 saturated carbocycles. The number of nitrogens with one attached hydrogen (secondary N) is 1. The van der Waals surface area contributed by atoms with Gasteiger partial charge < -0.3 is 19.5 Å². The van der Waals surface area contributed by atoms with Crippen LogP contribution < -0.4 is 5.32 Å². The number of carbonyl (C=O) groups is 4. The Morgan fingerprint density at radius 1 is 0.891 bits per heavy atom. The molecule has 1 aliphatic rings. The SMILES string of the molecule is C=C.CC.CC#CC.CC[C@H]1CC(=O)C(C)C(=O)[C@H](C)CC(C)(C)C[C@@H](C)C(=O)C(C)C(C)[C@]1(C)OC(=O)NCCOCCOC. The van der Waals surface area contributed by atoms with Crippen LogP contribution >= 0.6 is 0 Å². The highest BCUT2D eigenvalue weighted by molar-refractivity contribution is 6.03. The summed E-state index contributed by atoms with van der Waals surface area (Å²) in [4.78, 5) is 53.1. The van der Waals surface area contributed by atoms with Crippen LogP contribution in [0.1, 0.15) is 116 Å². The van der Waals surface area contributed by atoms with Gasteiger partial charge in [0.2, 0.25) is 0 Å². The van der Waals surface area contributed by atoms with Crippen molar-refractivity contribution < 1.29 is 33.4 Å². The molecule has 0 aromatic heterocycles. The summed E-state index contributed by atoms with van der Waals surface area (Å²) in [6.45, 7) is 32.4. The van der Waals surface area contributed by atoms with Crippen molar-refractivity contribution in [2.75, 3.05) is 33.5 Å². The summed E-state index contributed by atoms with van der Waals surface area (Å²) in [7, 11) is 1.59. The number of amides is 1. The zero-order chi connectivity index (χ0) is 36.7. The number of methoxy groups -OCH3 is 1. The number of hydrogen-bond donors (Lipinski definition) is 1. The molecule has 1 amide bonds. The molecule has 0 spiro atoms. The minimum atomic E-state index is -1.10. The lowest BCUT2D eigenvalue weighted by Crippen LogP contribution is -2.52. The Morgan fingerprint density at radius 2 is 1.39 bits per heavy atom. The second-order valence-corrected chi connectivity index (χ2v) is 12.9. The third-order valence-corrected chi connectivity index (χ3v) is 8.96. The molecule has 8 heteroatoms. The average Bonchev–Trinajstić information content (AvgIpc) is 3.04. The quantitative estimate of drug-likeness (QED) is 0.122. The predicted octanol–water partition coefficient (Wildman–Crippen LogP) is 8.12. The van der Waals surface area contributed by atoms with Gasteiger partial charge in [-0.3, -0.25) is 14.4 Å². The number of carbonyl (C=O) groups excluding carboxylic acids is 4. The Morgan fingerprint density at radius 3 is 1.85 bits per heavy atom. The van der Waals surface area contributed by atoms with E-state index in [0.717, 1.165) is 0 Å². The van der Waals surface area contributed by atoms with Crippen LogP contribution in [0.15, 0.2) is 13.2 Å². The van der Waals surface area contributed by atoms with Crippen LogP contribution in [0.2, 0.25) is 0 Å². The third-order valence-electron chi connectivity index (χ3n) is 8.96. The van der Waals surface area contributed by atoms with E-state index in [1.54, 1.807) is 14.0 Å². The van der Waals surface area contributed by atoms with Gasteiger partial charge in [0.1, 0.15) is 23.0 Å². The summed E-state index contributed by atoms with van der Waals surface area (Å²) in [6.07, 6.45) is 1.30. The van der Waals surface area contributed by atoms with Gasteiger partial charge in [0.05, 0.1) is 25.7 Å². The number of ether oxygens (including phenoxy) is 3. The summed E-state index contributed by atoms with van der Waals surface area (Å²) < 4.78 is 16.4. The first-order chi connectivity index (χ1) is 21.5. The molecule has 8 nitrogen and oxygen atoms in total. The molecule has 0 aromatic carbocycles. The van der Waals surface area contributed by atoms with E-state index in [4.69, 9.17) is 14.2 Å². The van der Waals surface area contributed by atoms with Gasteiger partial charge in [0, 0.05) is 49.7 Å². The largest absolute Gasteiger partial charge is 0.443 e. The lowest BCUT2D eigenvalue weighted by molar-refractivity contribution is -0.141. The normalized spacial score (nSPS) is 28.2. The zero-order valence-electron chi connectivity index (χ0n) is 31.9. The standard InChI is InChI=1S/C30H53NO7.C4H6.C2H6.C2H4/c1-11-24-16-25(32)22(5)27(34)20(3)18-29(7,8)17-19(2)26(33)21(4)23(6)30(24,9)38-28(35)31-12-13-37-15-14-36-10;1-3-4-2;2*1-2/h19-24H,11-18H2,1-10H3,(H,31,35);1-2H3;1-2H3;1-2H2/t19-,20-,21?,22?,23?,24+,30+;;;/m1.../s1. The van der Waals surface area contributed by atoms with E-state index in [1.807, 2.05) is 69.2 Å². The highest BCUT2D eigenvalue weighted by Gasteiger charge is 2.48. The van der Waals surface area contributed by atoms with Crippen molar-refractivity contribution in [1.29, 1.82) is 0 Å². The van der Waals surface area contributed by atoms with Gasteiger partial charge in [-0.05, 0) is 52.4 Å². The topological polar surface area (TPSA) is 108 Å². The lowest BCUT2D eigenvalue weighted by Gasteiger charge is -2.44. The Balaban J connectivity index is -0.00000209. The molecule has 1 rings (SSSR count). The second-order valence-electron chi connectivity index (χ2n) is 12.9. The smallest absolute Gasteiger partial charge is 0.407 e. The Hall–Kier alpha value is -2.50. The fourth-order valence-electron chi connectivity index (χ4n) is 6.14. The minimum Gasteiger partial charge on any atom is -0.443 e. The highest BCUT2D eigenvalue weighted by atomic mass is 16.6. The van der Waals surface area contributed by atoms with Crippen LogP contribution in [-0.2, 0) is 28.6 Å². The summed E-state index contributed by atoms with van der Waals surface area (Å²) >= 11 is 0. The van der Waals surface area contributed by atoms with E-state index in [-0.39, 0.29) is 65.3 Å². The molecule has 268 valence electrons. The van der Waals surface area contributed by atoms with Crippen molar-refractivity contribution in [1.82, 2.24) is 5.32 Å². The molecular weight excluding hydrogens is 582 g/mol. The van der Waals surface area contributed by atoms with Gasteiger partial charge in [-0.2, -0.15) is 0 Å². The van der Waals surface area contributed by atoms with Crippen LogP contribution in [0.3, 0.4) is 0 Å². The number of hydrogen-bond acceptors (Lipinski definition) is 7. The maximum Gasteiger partial charge on any atom is 0.407 e. The van der Waals surface area contributed by atoms with Gasteiger partial charge in [-0.25, -0.2) is 4.79 Å². The maximum absolute atomic E-state index is 13.6. The minimum absolute atomic E-state index is 0.0655. The summed E-state index contributed by atoms with van der Waals surface area (Å²) in [5.41, 5.74) is -1.34. The van der Waals surface area contributed by atoms with E-state index in [1.165, 1.54) is 0 Å². The van der Waals surface area contributed by atoms with Crippen LogP contribution in [0.4, 0.5) is 4.79 Å². The van der Waals surface area contributed by atoms with Crippen molar-refractivity contribution >= 4 is 23.4 Å². The van der Waals surface area contributed by atoms with Gasteiger partial charge in [-0.15, -0.1) is 25.0 Å². The molecule has 3 unspecified atom stereocenters. The number of rotatable bonds is 8. The van der Waals surface area contributed by atoms with Crippen molar-refractivity contribution in [2.45, 2.75) is 121 Å². The molecule has 46 heavy (non-hydrogen) atoms. The Kier molecular flexibility index (Phi) is 26.6. The van der Waals surface area contributed by atoms with Crippen LogP contribution in [-0.4, -0.2) is 62.5 Å². The van der Waals surface area contributed by atoms with Gasteiger partial charge in [-0.1, -0.05) is 62.3 Å². The second kappa shape index (κ2) is 25.6. The van der Waals surface area contributed by atoms with E-state index in [9.17, 15) is 19.2 Å². The number of ketones is 3. The van der Waals surface area contributed by atoms with Gasteiger partial charge in [0.15, 0.2) is 0 Å². The van der Waals surface area contributed by atoms with Crippen LogP contribution in [0.5, 0.6) is 0 Å². The molecule has 1 fully saturated rings. The van der Waals surface area contributed by atoms with Crippen molar-refractivity contribution in [3.63, 3.8) is 0 Å². The monoisotopic (exact) mass is 652 g/mol. The molecule has 0 saturated heterocycles. The highest BCUT2D eigenvalue weighted by Crippen LogP contribution is 2.42. The average molecular weight is 652 g/mol. The Bertz CT molecular complexity index is 944. The molecule has 0 aliphatic heterocycles. The summed E-state index contributed by atoms with van der Waals surface area (Å²) in [5, 5.41) is 2.73. The summed E-state index contributed by atoms with van der Waals surface area (Å²) in [6, 6.07) is 0. The van der Waals surface area contributed by atoms with Crippen LogP contribution in [0, 0.1) is 52.8 Å². The van der Waals surface area contributed by atoms with E-state index in [2.05, 4.69) is 44.2 Å². The molecule has 1 N–H and O–H groups in total. The fourth-order valence-corrected chi connectivity index (χ4v) is 6.14. The summed E-state index contributed by atoms with van der Waals surface area (Å²) in [5.74, 6) is 2.93. The van der Waals surface area contributed by atoms with Crippen molar-refractivity contribution in [2.24, 2.45) is 40.9 Å². The first-order valence-corrected chi connectivity index (χ1v) is 17.0. The molecule has 0 aromatic rings. The predicted molar refractivity (Wildman–Crippen MR) is 190 cm³/mol. The van der Waals surface area contributed by atoms with E-state index < -0.39 is 17.6 Å². The molecule has 0 radical (unpaired) electrons. The first-order valence-electron chi connectivity index (χ1n) is 17.0. The molecule has 7 atom stereocenters. The Labute approximate surface area is 282 Å². The van der Waals surface area contributed by atoms with Crippen LogP contribution in [0.25, 0.3) is 0 Å². The molecule has 0 bridgehead atoms. The lowest BCUT2D eigenvalue weighted by atomic mass is 9.66. The maximum atomic E-state index is 13.6. The fraction of sp³-hybridized carbons (Fsp3) is 0.789. The molecular formula is C38H69NO7. The molecule has 0 heterocycles. The third kappa shape index (κ3) is 16.9. The number of Topliss-reactive ketones (excluding diaryl/α,β-unsaturated/α-hetero) is 3. The van der Waals surface area contributed by atoms with Crippen molar-refractivity contribution in [3.8, 4) is 11.8 Å². The van der Waals surface area contributed by atoms with Crippen molar-refractivity contribution in [3.05, 3.63) is 13.2 Å². The van der Waals surface area contributed by atoms with Gasteiger partial charge in [0.25, 0.3) is 0 Å². The zero-order valence-corrected chi connectivity index (χ0v) is 31.9.